The van der Waals surface area contributed by atoms with Gasteiger partial charge >= 0.3 is 21.1 Å². The van der Waals surface area contributed by atoms with Crippen LogP contribution in [0.3, 0.4) is 0 Å². The maximum Gasteiger partial charge on any atom is 2.00 e. The molecule has 0 aromatic carbocycles. The maximum atomic E-state index is 3.26. The zero-order chi connectivity index (χ0) is 12.0. The Morgan fingerprint density at radius 2 is 1.18 bits per heavy atom. The molecule has 0 saturated carbocycles. The first-order valence-electron chi connectivity index (χ1n) is 6.15. The van der Waals surface area contributed by atoms with Gasteiger partial charge in [-0.15, -0.1) is 12.8 Å². The van der Waals surface area contributed by atoms with Crippen molar-refractivity contribution in [1.82, 2.24) is 0 Å². The third kappa shape index (κ3) is 6.22. The van der Waals surface area contributed by atoms with E-state index in [1.165, 1.54) is 11.1 Å². The summed E-state index contributed by atoms with van der Waals surface area (Å²) in [6.07, 6.45) is 17.2. The van der Waals surface area contributed by atoms with Crippen LogP contribution < -0.4 is 0 Å². The molecule has 0 fully saturated rings. The van der Waals surface area contributed by atoms with Crippen LogP contribution in [0.25, 0.3) is 0 Å². The van der Waals surface area contributed by atoms with E-state index in [9.17, 15) is 0 Å². The zero-order valence-corrected chi connectivity index (χ0v) is 13.3. The Balaban J connectivity index is 0.000000284. The molecule has 92 valence electrons. The molecular formula is C16H22Mo. The second-order valence-corrected chi connectivity index (χ2v) is 4.79. The molecule has 0 aliphatic heterocycles. The van der Waals surface area contributed by atoms with E-state index in [2.05, 4.69) is 64.2 Å². The summed E-state index contributed by atoms with van der Waals surface area (Å²) in [5.41, 5.74) is 2.73. The van der Waals surface area contributed by atoms with Crippen LogP contribution in [-0.4, -0.2) is 0 Å². The fourth-order valence-corrected chi connectivity index (χ4v) is 1.64. The van der Waals surface area contributed by atoms with E-state index in [0.717, 1.165) is 12.8 Å². The molecule has 0 radical (unpaired) electrons. The second kappa shape index (κ2) is 8.70. The summed E-state index contributed by atoms with van der Waals surface area (Å²) < 4.78 is 0. The minimum absolute atomic E-state index is 0. The summed E-state index contributed by atoms with van der Waals surface area (Å²) in [7, 11) is 0. The summed E-state index contributed by atoms with van der Waals surface area (Å²) in [6.45, 7) is 8.77. The van der Waals surface area contributed by atoms with Gasteiger partial charge in [-0.1, -0.05) is 39.5 Å². The van der Waals surface area contributed by atoms with Crippen LogP contribution in [0.2, 0.25) is 0 Å². The van der Waals surface area contributed by atoms with Gasteiger partial charge in [0.05, 0.1) is 0 Å². The van der Waals surface area contributed by atoms with Crippen LogP contribution >= 0.6 is 0 Å². The predicted molar refractivity (Wildman–Crippen MR) is 70.7 cm³/mol. The minimum Gasteiger partial charge on any atom is -0.269 e. The van der Waals surface area contributed by atoms with E-state index < -0.39 is 0 Å². The van der Waals surface area contributed by atoms with Crippen LogP contribution in [0.5, 0.6) is 0 Å². The largest absolute Gasteiger partial charge is 2.00 e. The molecule has 0 aromatic heterocycles. The van der Waals surface area contributed by atoms with Gasteiger partial charge in [0.1, 0.15) is 0 Å². The average Bonchev–Trinajstić information content (AvgIpc) is 2.93. The van der Waals surface area contributed by atoms with Crippen molar-refractivity contribution in [2.75, 3.05) is 0 Å². The van der Waals surface area contributed by atoms with Crippen LogP contribution in [0, 0.1) is 24.0 Å². The minimum atomic E-state index is 0. The monoisotopic (exact) mass is 312 g/mol. The molecule has 0 aromatic rings. The van der Waals surface area contributed by atoms with E-state index >= 15 is 0 Å². The SMILES string of the molecule is CC(C)C1=[C-]CC=C1.CC(C)C1=[C-]CC=C1.[Mo+2]. The first-order valence-corrected chi connectivity index (χ1v) is 6.15. The van der Waals surface area contributed by atoms with Crippen LogP contribution in [0.1, 0.15) is 40.5 Å². The molecule has 2 aliphatic carbocycles. The molecule has 0 unspecified atom stereocenters. The Bertz CT molecular complexity index is 293. The topological polar surface area (TPSA) is 0 Å². The summed E-state index contributed by atoms with van der Waals surface area (Å²) in [6, 6.07) is 0. The van der Waals surface area contributed by atoms with Gasteiger partial charge in [0.15, 0.2) is 0 Å². The third-order valence-electron chi connectivity index (χ3n) is 2.69. The normalized spacial score (nSPS) is 16.6. The molecule has 17 heavy (non-hydrogen) atoms. The van der Waals surface area contributed by atoms with Crippen molar-refractivity contribution in [3.05, 3.63) is 47.6 Å². The molecule has 0 atom stereocenters. The molecule has 0 heterocycles. The first kappa shape index (κ1) is 16.6. The van der Waals surface area contributed by atoms with Crippen molar-refractivity contribution < 1.29 is 21.1 Å². The van der Waals surface area contributed by atoms with Gasteiger partial charge in [0.25, 0.3) is 0 Å². The average molecular weight is 310 g/mol. The number of allylic oxidation sites excluding steroid dienone is 8. The quantitative estimate of drug-likeness (QED) is 0.514. The van der Waals surface area contributed by atoms with Gasteiger partial charge in [-0.25, -0.2) is 23.3 Å². The Morgan fingerprint density at radius 1 is 0.824 bits per heavy atom. The molecule has 0 saturated heterocycles. The van der Waals surface area contributed by atoms with Crippen molar-refractivity contribution in [2.24, 2.45) is 11.8 Å². The van der Waals surface area contributed by atoms with Gasteiger partial charge in [-0.2, -0.15) is 12.2 Å². The van der Waals surface area contributed by atoms with Crippen molar-refractivity contribution >= 4 is 0 Å². The summed E-state index contributed by atoms with van der Waals surface area (Å²) >= 11 is 0. The number of hydrogen-bond acceptors (Lipinski definition) is 0. The Hall–Kier alpha value is -0.352. The Morgan fingerprint density at radius 3 is 1.29 bits per heavy atom. The Labute approximate surface area is 121 Å². The standard InChI is InChI=1S/2C8H11.Mo/c2*1-7(2)8-5-3-4-6-8;/h2*3,5,7H,4H2,1-2H3;/q2*-1;+2. The number of hydrogen-bond donors (Lipinski definition) is 0. The van der Waals surface area contributed by atoms with E-state index in [1.54, 1.807) is 0 Å². The van der Waals surface area contributed by atoms with Crippen molar-refractivity contribution in [1.29, 1.82) is 0 Å². The maximum absolute atomic E-state index is 3.26. The molecular weight excluding hydrogens is 288 g/mol. The molecule has 0 bridgehead atoms. The van der Waals surface area contributed by atoms with Crippen LogP contribution in [0.4, 0.5) is 0 Å². The fourth-order valence-electron chi connectivity index (χ4n) is 1.64. The summed E-state index contributed by atoms with van der Waals surface area (Å²) in [5.74, 6) is 1.32. The summed E-state index contributed by atoms with van der Waals surface area (Å²) in [5, 5.41) is 0. The van der Waals surface area contributed by atoms with Gasteiger partial charge < -0.3 is 0 Å². The van der Waals surface area contributed by atoms with E-state index in [-0.39, 0.29) is 21.1 Å². The predicted octanol–water partition coefficient (Wildman–Crippen LogP) is 4.66. The zero-order valence-electron chi connectivity index (χ0n) is 11.3. The smallest absolute Gasteiger partial charge is 0.269 e. The van der Waals surface area contributed by atoms with E-state index in [4.69, 9.17) is 0 Å². The van der Waals surface area contributed by atoms with Crippen molar-refractivity contribution in [3.63, 3.8) is 0 Å². The van der Waals surface area contributed by atoms with E-state index in [1.807, 2.05) is 0 Å². The molecule has 0 nitrogen and oxygen atoms in total. The van der Waals surface area contributed by atoms with E-state index in [0.29, 0.717) is 11.8 Å². The van der Waals surface area contributed by atoms with Gasteiger partial charge in [-0.05, 0) is 0 Å². The molecule has 1 heteroatoms. The van der Waals surface area contributed by atoms with Gasteiger partial charge in [0, 0.05) is 0 Å². The van der Waals surface area contributed by atoms with Crippen LogP contribution in [0.15, 0.2) is 35.5 Å². The molecule has 2 rings (SSSR count). The van der Waals surface area contributed by atoms with Crippen molar-refractivity contribution in [3.8, 4) is 0 Å². The fraction of sp³-hybridized carbons (Fsp3) is 0.500. The molecule has 0 amide bonds. The van der Waals surface area contributed by atoms with Gasteiger partial charge in [0.2, 0.25) is 0 Å². The van der Waals surface area contributed by atoms with Crippen molar-refractivity contribution in [2.45, 2.75) is 40.5 Å². The summed E-state index contributed by atoms with van der Waals surface area (Å²) in [4.78, 5) is 0. The molecule has 2 aliphatic rings. The van der Waals surface area contributed by atoms with Crippen LogP contribution in [-0.2, 0) is 21.1 Å². The van der Waals surface area contributed by atoms with Gasteiger partial charge in [-0.3, -0.25) is 12.2 Å². The third-order valence-corrected chi connectivity index (χ3v) is 2.69. The Kier molecular flexibility index (Phi) is 8.52. The molecule has 0 spiro atoms. The molecule has 0 N–H and O–H groups in total. The second-order valence-electron chi connectivity index (χ2n) is 4.79. The number of rotatable bonds is 2. The first-order chi connectivity index (χ1) is 7.61.